The van der Waals surface area contributed by atoms with Crippen LogP contribution in [0.5, 0.6) is 0 Å². The van der Waals surface area contributed by atoms with Crippen molar-refractivity contribution in [3.63, 3.8) is 0 Å². The summed E-state index contributed by atoms with van der Waals surface area (Å²) in [5.74, 6) is -2.12. The monoisotopic (exact) mass is 1340 g/mol. The number of carbonyl (C=O) groups excluding carboxylic acids is 4. The zero-order valence-electron chi connectivity index (χ0n) is 58.8. The largest absolute Gasteiger partial charge is 0.472 e. The second-order valence-electron chi connectivity index (χ2n) is 26.0. The number of carbonyl (C=O) groups is 4. The fraction of sp³-hybridized carbons (Fsp3) is 0.944. The molecule has 0 aromatic carbocycles. The van der Waals surface area contributed by atoms with Gasteiger partial charge in [-0.15, -0.1) is 0 Å². The maximum atomic E-state index is 13.0. The van der Waals surface area contributed by atoms with Crippen LogP contribution in [0.3, 0.4) is 0 Å². The van der Waals surface area contributed by atoms with E-state index in [0.29, 0.717) is 25.7 Å². The number of rotatable bonds is 73. The molecule has 0 fully saturated rings. The predicted octanol–water partition coefficient (Wildman–Crippen LogP) is 21.1. The molecule has 3 N–H and O–H groups in total. The van der Waals surface area contributed by atoms with E-state index in [0.717, 1.165) is 89.9 Å². The quantitative estimate of drug-likeness (QED) is 0.0222. The van der Waals surface area contributed by atoms with E-state index in [1.165, 1.54) is 212 Å². The molecule has 540 valence electrons. The molecule has 0 aliphatic carbocycles. The second-order valence-corrected chi connectivity index (χ2v) is 28.9. The Labute approximate surface area is 556 Å². The first kappa shape index (κ1) is 89.1. The molecule has 0 amide bonds. The van der Waals surface area contributed by atoms with Crippen LogP contribution in [0, 0.1) is 0 Å². The summed E-state index contributed by atoms with van der Waals surface area (Å²) in [4.78, 5) is 72.5. The molecule has 5 atom stereocenters. The molecular weight excluding hydrogens is 1200 g/mol. The van der Waals surface area contributed by atoms with Gasteiger partial charge < -0.3 is 33.8 Å². The molecule has 19 heteroatoms. The van der Waals surface area contributed by atoms with Crippen molar-refractivity contribution in [2.75, 3.05) is 39.6 Å². The zero-order valence-corrected chi connectivity index (χ0v) is 60.6. The summed E-state index contributed by atoms with van der Waals surface area (Å²) >= 11 is 0. The van der Waals surface area contributed by atoms with E-state index < -0.39 is 97.5 Å². The van der Waals surface area contributed by atoms with Crippen molar-refractivity contribution in [2.24, 2.45) is 0 Å². The molecule has 17 nitrogen and oxygen atoms in total. The fourth-order valence-corrected chi connectivity index (χ4v) is 12.6. The molecule has 0 rings (SSSR count). The van der Waals surface area contributed by atoms with Gasteiger partial charge in [0, 0.05) is 25.7 Å². The van der Waals surface area contributed by atoms with Gasteiger partial charge >= 0.3 is 39.5 Å². The fourth-order valence-electron chi connectivity index (χ4n) is 11.0. The van der Waals surface area contributed by atoms with Gasteiger partial charge in [-0.05, 0) is 25.7 Å². The number of hydrogen-bond donors (Lipinski definition) is 3. The van der Waals surface area contributed by atoms with Crippen molar-refractivity contribution in [1.29, 1.82) is 0 Å². The molecule has 0 aromatic heterocycles. The summed E-state index contributed by atoms with van der Waals surface area (Å²) in [6, 6.07) is 0. The third-order valence-electron chi connectivity index (χ3n) is 16.9. The highest BCUT2D eigenvalue weighted by atomic mass is 31.2. The molecule has 0 heterocycles. The van der Waals surface area contributed by atoms with Gasteiger partial charge in [-0.2, -0.15) is 0 Å². The average Bonchev–Trinajstić information content (AvgIpc) is 2.30. The first-order valence-electron chi connectivity index (χ1n) is 37.8. The highest BCUT2D eigenvalue weighted by Crippen LogP contribution is 2.45. The van der Waals surface area contributed by atoms with Gasteiger partial charge in [0.2, 0.25) is 0 Å². The zero-order chi connectivity index (χ0) is 66.8. The van der Waals surface area contributed by atoms with Crippen LogP contribution in [0.4, 0.5) is 0 Å². The lowest BCUT2D eigenvalue weighted by Gasteiger charge is -2.21. The van der Waals surface area contributed by atoms with Gasteiger partial charge in [-0.3, -0.25) is 37.3 Å². The summed E-state index contributed by atoms with van der Waals surface area (Å²) in [5.41, 5.74) is 0. The third kappa shape index (κ3) is 66.5. The third-order valence-corrected chi connectivity index (χ3v) is 18.8. The van der Waals surface area contributed by atoms with Crippen LogP contribution in [0.15, 0.2) is 0 Å². The standard InChI is InChI=1S/C72H140O17P2/c1-5-9-13-17-21-25-29-30-31-32-33-34-35-36-37-38-39-43-47-51-55-59-72(77)89-68(63-83-70(75)57-53-49-45-41-27-23-19-15-11-7-3)65-87-91(80,81)85-61-66(73)60-84-90(78,79)86-64-67(88-71(76)58-54-50-46-42-28-24-20-16-12-8-4)62-82-69(74)56-52-48-44-40-26-22-18-14-10-6-2/h66-68,73H,5-65H2,1-4H3,(H,78,79)(H,80,81)/t66-,67+,68+/m0/s1. The van der Waals surface area contributed by atoms with E-state index in [2.05, 4.69) is 27.7 Å². The highest BCUT2D eigenvalue weighted by molar-refractivity contribution is 7.47. The van der Waals surface area contributed by atoms with Crippen molar-refractivity contribution in [2.45, 2.75) is 399 Å². The Morgan fingerprint density at radius 3 is 0.648 bits per heavy atom. The van der Waals surface area contributed by atoms with Crippen LogP contribution in [0.25, 0.3) is 0 Å². The normalized spacial score (nSPS) is 14.0. The number of ether oxygens (including phenoxy) is 4. The Bertz CT molecular complexity index is 1740. The number of aliphatic hydroxyl groups excluding tert-OH is 1. The molecule has 0 aromatic rings. The van der Waals surface area contributed by atoms with E-state index in [-0.39, 0.29) is 25.7 Å². The summed E-state index contributed by atoms with van der Waals surface area (Å²) < 4.78 is 68.3. The SMILES string of the molecule is CCCCCCCCCCCCCCCCCCCCCCCC(=O)O[C@H](COC(=O)CCCCCCCCCCCC)COP(=O)(O)OC[C@@H](O)COP(=O)(O)OC[C@@H](COC(=O)CCCCCCCCCCCC)OC(=O)CCCCCCCCCCCC. The van der Waals surface area contributed by atoms with Crippen LogP contribution < -0.4 is 0 Å². The van der Waals surface area contributed by atoms with Gasteiger partial charge in [0.25, 0.3) is 0 Å². The van der Waals surface area contributed by atoms with E-state index in [9.17, 15) is 43.2 Å². The van der Waals surface area contributed by atoms with E-state index in [4.69, 9.17) is 37.0 Å². The topological polar surface area (TPSA) is 237 Å². The Hall–Kier alpha value is -1.94. The molecule has 0 saturated carbocycles. The second kappa shape index (κ2) is 66.7. The van der Waals surface area contributed by atoms with Crippen LogP contribution >= 0.6 is 15.6 Å². The summed E-state index contributed by atoms with van der Waals surface area (Å²) in [6.45, 7) is 4.93. The maximum Gasteiger partial charge on any atom is 0.472 e. The minimum Gasteiger partial charge on any atom is -0.462 e. The lowest BCUT2D eigenvalue weighted by molar-refractivity contribution is -0.161. The van der Waals surface area contributed by atoms with E-state index >= 15 is 0 Å². The van der Waals surface area contributed by atoms with Crippen LogP contribution in [0.2, 0.25) is 0 Å². The molecular formula is C72H140O17P2. The molecule has 91 heavy (non-hydrogen) atoms. The molecule has 0 spiro atoms. The van der Waals surface area contributed by atoms with Crippen molar-refractivity contribution in [3.8, 4) is 0 Å². The van der Waals surface area contributed by atoms with Gasteiger partial charge in [-0.1, -0.05) is 329 Å². The van der Waals surface area contributed by atoms with Crippen molar-refractivity contribution >= 4 is 39.5 Å². The first-order chi connectivity index (χ1) is 44.2. The first-order valence-corrected chi connectivity index (χ1v) is 40.8. The number of unbranched alkanes of at least 4 members (excludes halogenated alkanes) is 47. The van der Waals surface area contributed by atoms with Crippen molar-refractivity contribution < 1.29 is 80.2 Å². The Balaban J connectivity index is 5.14. The highest BCUT2D eigenvalue weighted by Gasteiger charge is 2.30. The number of esters is 4. The molecule has 2 unspecified atom stereocenters. The van der Waals surface area contributed by atoms with Crippen molar-refractivity contribution in [3.05, 3.63) is 0 Å². The molecule has 0 saturated heterocycles. The van der Waals surface area contributed by atoms with Crippen LogP contribution in [0.1, 0.15) is 381 Å². The number of aliphatic hydroxyl groups is 1. The van der Waals surface area contributed by atoms with Crippen LogP contribution in [-0.4, -0.2) is 96.7 Å². The Morgan fingerprint density at radius 1 is 0.264 bits per heavy atom. The van der Waals surface area contributed by atoms with Gasteiger partial charge in [0.1, 0.15) is 19.3 Å². The maximum absolute atomic E-state index is 13.0. The minimum absolute atomic E-state index is 0.107. The lowest BCUT2D eigenvalue weighted by Crippen LogP contribution is -2.30. The van der Waals surface area contributed by atoms with Gasteiger partial charge in [0.05, 0.1) is 26.4 Å². The predicted molar refractivity (Wildman–Crippen MR) is 368 cm³/mol. The van der Waals surface area contributed by atoms with Crippen LogP contribution in [-0.2, 0) is 65.4 Å². The van der Waals surface area contributed by atoms with Gasteiger partial charge in [-0.25, -0.2) is 9.13 Å². The molecule has 0 radical (unpaired) electrons. The number of phosphoric acid groups is 2. The minimum atomic E-state index is -4.95. The van der Waals surface area contributed by atoms with Gasteiger partial charge in [0.15, 0.2) is 12.2 Å². The van der Waals surface area contributed by atoms with Crippen molar-refractivity contribution in [1.82, 2.24) is 0 Å². The lowest BCUT2D eigenvalue weighted by atomic mass is 10.0. The Kier molecular flexibility index (Phi) is 65.2. The number of hydrogen-bond acceptors (Lipinski definition) is 15. The smallest absolute Gasteiger partial charge is 0.462 e. The summed E-state index contributed by atoms with van der Waals surface area (Å²) in [5, 5.41) is 10.6. The van der Waals surface area contributed by atoms with E-state index in [1.54, 1.807) is 0 Å². The number of phosphoric ester groups is 2. The molecule has 0 aliphatic heterocycles. The molecule has 0 aliphatic rings. The molecule has 0 bridgehead atoms. The summed E-state index contributed by atoms with van der Waals surface area (Å²) in [6.07, 6.45) is 55.6. The average molecular weight is 1340 g/mol. The summed E-state index contributed by atoms with van der Waals surface area (Å²) in [7, 11) is -9.89. The van der Waals surface area contributed by atoms with E-state index in [1.807, 2.05) is 0 Å². The Morgan fingerprint density at radius 2 is 0.440 bits per heavy atom.